The molecule has 120 valence electrons. The molecule has 3 rings (SSSR count). The van der Waals surface area contributed by atoms with Gasteiger partial charge in [0.2, 0.25) is 0 Å². The summed E-state index contributed by atoms with van der Waals surface area (Å²) in [5.41, 5.74) is -0.256. The van der Waals surface area contributed by atoms with Crippen molar-refractivity contribution in [3.05, 3.63) is 52.8 Å². The molecule has 1 aliphatic rings. The molecular formula is C16H14Cl2FN3O. The van der Waals surface area contributed by atoms with E-state index in [9.17, 15) is 9.50 Å². The molecule has 4 nitrogen and oxygen atoms in total. The normalized spacial score (nSPS) is 18.2. The smallest absolute Gasteiger partial charge is 0.141 e. The fourth-order valence-electron chi connectivity index (χ4n) is 2.74. The molecule has 1 saturated carbocycles. The molecule has 0 bridgehead atoms. The predicted octanol–water partition coefficient (Wildman–Crippen LogP) is 3.29. The van der Waals surface area contributed by atoms with Crippen molar-refractivity contribution in [2.45, 2.75) is 36.3 Å². The Morgan fingerprint density at radius 2 is 2.22 bits per heavy atom. The Morgan fingerprint density at radius 3 is 2.83 bits per heavy atom. The van der Waals surface area contributed by atoms with E-state index in [1.165, 1.54) is 24.7 Å². The molecule has 1 atom stereocenters. The van der Waals surface area contributed by atoms with Crippen molar-refractivity contribution in [1.29, 1.82) is 5.26 Å². The van der Waals surface area contributed by atoms with Gasteiger partial charge in [0.05, 0.1) is 29.0 Å². The van der Waals surface area contributed by atoms with Crippen LogP contribution in [0.2, 0.25) is 5.02 Å². The van der Waals surface area contributed by atoms with Crippen molar-refractivity contribution < 1.29 is 9.50 Å². The molecular weight excluding hydrogens is 340 g/mol. The number of aromatic nitrogens is 2. The van der Waals surface area contributed by atoms with Gasteiger partial charge in [-0.1, -0.05) is 17.7 Å². The zero-order chi connectivity index (χ0) is 16.7. The Bertz CT molecular complexity index is 782. The van der Waals surface area contributed by atoms with Crippen LogP contribution in [0, 0.1) is 17.1 Å². The first kappa shape index (κ1) is 16.3. The summed E-state index contributed by atoms with van der Waals surface area (Å²) in [6, 6.07) is 6.36. The zero-order valence-electron chi connectivity index (χ0n) is 12.1. The van der Waals surface area contributed by atoms with E-state index in [2.05, 4.69) is 4.98 Å². The highest BCUT2D eigenvalue weighted by Gasteiger charge is 2.57. The maximum Gasteiger partial charge on any atom is 0.141 e. The van der Waals surface area contributed by atoms with E-state index in [-0.39, 0.29) is 18.0 Å². The predicted molar refractivity (Wildman–Crippen MR) is 84.8 cm³/mol. The molecule has 1 aromatic heterocycles. The van der Waals surface area contributed by atoms with E-state index in [0.717, 1.165) is 0 Å². The summed E-state index contributed by atoms with van der Waals surface area (Å²) >= 11 is 12.3. The molecule has 23 heavy (non-hydrogen) atoms. The molecule has 0 aliphatic heterocycles. The van der Waals surface area contributed by atoms with Gasteiger partial charge >= 0.3 is 0 Å². The third-order valence-corrected chi connectivity index (χ3v) is 5.28. The fraction of sp³-hybridized carbons (Fsp3) is 0.375. The molecule has 7 heteroatoms. The highest BCUT2D eigenvalue weighted by atomic mass is 35.5. The lowest BCUT2D eigenvalue weighted by Gasteiger charge is -2.34. The van der Waals surface area contributed by atoms with Gasteiger partial charge in [-0.3, -0.25) is 0 Å². The number of aliphatic hydroxyl groups is 1. The van der Waals surface area contributed by atoms with Gasteiger partial charge in [-0.2, -0.15) is 5.26 Å². The van der Waals surface area contributed by atoms with Crippen molar-refractivity contribution in [2.24, 2.45) is 0 Å². The van der Waals surface area contributed by atoms with E-state index < -0.39 is 16.3 Å². The van der Waals surface area contributed by atoms with Gasteiger partial charge in [-0.05, 0) is 30.5 Å². The van der Waals surface area contributed by atoms with Gasteiger partial charge in [-0.15, -0.1) is 11.6 Å². The van der Waals surface area contributed by atoms with Gasteiger partial charge in [0.25, 0.3) is 0 Å². The molecule has 1 aliphatic carbocycles. The van der Waals surface area contributed by atoms with Gasteiger partial charge < -0.3 is 9.67 Å². The fourth-order valence-corrected chi connectivity index (χ4v) is 3.16. The second kappa shape index (κ2) is 5.79. The Labute approximate surface area is 143 Å². The number of hydrogen-bond donors (Lipinski definition) is 1. The molecule has 1 aromatic carbocycles. The minimum absolute atomic E-state index is 0.00427. The first-order chi connectivity index (χ1) is 10.9. The highest BCUT2D eigenvalue weighted by molar-refractivity contribution is 6.30. The van der Waals surface area contributed by atoms with Crippen LogP contribution in [0.5, 0.6) is 0 Å². The van der Waals surface area contributed by atoms with Crippen molar-refractivity contribution in [1.82, 2.24) is 9.55 Å². The molecule has 1 fully saturated rings. The third-order valence-electron chi connectivity index (χ3n) is 4.26. The topological polar surface area (TPSA) is 61.8 Å². The van der Waals surface area contributed by atoms with Gasteiger partial charge in [0.15, 0.2) is 0 Å². The van der Waals surface area contributed by atoms with Crippen LogP contribution < -0.4 is 0 Å². The highest BCUT2D eigenvalue weighted by Crippen LogP contribution is 2.53. The van der Waals surface area contributed by atoms with E-state index in [1.807, 2.05) is 6.07 Å². The molecule has 1 N–H and O–H groups in total. The second-order valence-electron chi connectivity index (χ2n) is 5.94. The maximum absolute atomic E-state index is 13.3. The monoisotopic (exact) mass is 353 g/mol. The number of imidazole rings is 1. The second-order valence-corrected chi connectivity index (χ2v) is 7.07. The van der Waals surface area contributed by atoms with Crippen molar-refractivity contribution in [3.63, 3.8) is 0 Å². The molecule has 1 heterocycles. The van der Waals surface area contributed by atoms with Crippen LogP contribution in [0.4, 0.5) is 4.39 Å². The third kappa shape index (κ3) is 3.07. The van der Waals surface area contributed by atoms with Crippen LogP contribution in [-0.2, 0) is 13.0 Å². The standard InChI is InChI=1S/C16H14Cl2FN3O/c17-13-5-11(1-2-14(13)19)6-16(23,15(18)3-4-15)9-22-10-21-8-12(22)7-20/h1-2,5,8,10,23H,3-4,6,9H2. The lowest BCUT2D eigenvalue weighted by Crippen LogP contribution is -2.47. The first-order valence-electron chi connectivity index (χ1n) is 7.12. The number of hydrogen-bond acceptors (Lipinski definition) is 3. The molecule has 1 unspecified atom stereocenters. The lowest BCUT2D eigenvalue weighted by atomic mass is 9.88. The molecule has 0 spiro atoms. The number of benzene rings is 1. The Morgan fingerprint density at radius 1 is 1.48 bits per heavy atom. The lowest BCUT2D eigenvalue weighted by molar-refractivity contribution is 0.0107. The van der Waals surface area contributed by atoms with Crippen molar-refractivity contribution in [2.75, 3.05) is 0 Å². The van der Waals surface area contributed by atoms with E-state index in [4.69, 9.17) is 28.5 Å². The summed E-state index contributed by atoms with van der Waals surface area (Å²) in [6.45, 7) is 0.133. The largest absolute Gasteiger partial charge is 0.386 e. The van der Waals surface area contributed by atoms with E-state index in [1.54, 1.807) is 10.6 Å². The molecule has 0 amide bonds. The Balaban J connectivity index is 1.91. The summed E-state index contributed by atoms with van der Waals surface area (Å²) in [7, 11) is 0. The number of alkyl halides is 1. The zero-order valence-corrected chi connectivity index (χ0v) is 13.6. The molecule has 0 saturated heterocycles. The van der Waals surface area contributed by atoms with Crippen LogP contribution in [0.15, 0.2) is 30.7 Å². The van der Waals surface area contributed by atoms with Crippen molar-refractivity contribution in [3.8, 4) is 6.07 Å². The van der Waals surface area contributed by atoms with Gasteiger partial charge in [0, 0.05) is 6.42 Å². The number of nitrogens with zero attached hydrogens (tertiary/aromatic N) is 3. The number of halogens is 3. The molecule has 0 radical (unpaired) electrons. The van der Waals surface area contributed by atoms with Crippen LogP contribution in [0.25, 0.3) is 0 Å². The summed E-state index contributed by atoms with van der Waals surface area (Å²) < 4.78 is 14.9. The van der Waals surface area contributed by atoms with E-state index in [0.29, 0.717) is 24.1 Å². The number of rotatable bonds is 5. The SMILES string of the molecule is N#Cc1cncn1CC(O)(Cc1ccc(F)c(Cl)c1)C1(Cl)CC1. The van der Waals surface area contributed by atoms with Gasteiger partial charge in [0.1, 0.15) is 23.2 Å². The maximum atomic E-state index is 13.3. The van der Waals surface area contributed by atoms with Crippen LogP contribution >= 0.6 is 23.2 Å². The first-order valence-corrected chi connectivity index (χ1v) is 7.88. The average Bonchev–Trinajstić information content (AvgIpc) is 3.11. The summed E-state index contributed by atoms with van der Waals surface area (Å²) in [5.74, 6) is -0.507. The summed E-state index contributed by atoms with van der Waals surface area (Å²) in [4.78, 5) is 3.17. The molecule has 2 aromatic rings. The summed E-state index contributed by atoms with van der Waals surface area (Å²) in [5, 5.41) is 20.3. The van der Waals surface area contributed by atoms with Crippen LogP contribution in [-0.4, -0.2) is 25.1 Å². The number of nitriles is 1. The average molecular weight is 354 g/mol. The van der Waals surface area contributed by atoms with Crippen LogP contribution in [0.3, 0.4) is 0 Å². The van der Waals surface area contributed by atoms with Crippen molar-refractivity contribution >= 4 is 23.2 Å². The Hall–Kier alpha value is -1.61. The van der Waals surface area contributed by atoms with Gasteiger partial charge in [-0.25, -0.2) is 9.37 Å². The quantitative estimate of drug-likeness (QED) is 0.839. The Kier molecular flexibility index (Phi) is 4.09. The summed E-state index contributed by atoms with van der Waals surface area (Å²) in [6.07, 6.45) is 4.49. The van der Waals surface area contributed by atoms with E-state index >= 15 is 0 Å². The van der Waals surface area contributed by atoms with Crippen LogP contribution in [0.1, 0.15) is 24.1 Å². The minimum Gasteiger partial charge on any atom is -0.386 e. The minimum atomic E-state index is -1.29.